The van der Waals surface area contributed by atoms with E-state index in [4.69, 9.17) is 16.3 Å². The Kier molecular flexibility index (Phi) is 5.03. The molecule has 0 saturated carbocycles. The molecule has 0 fully saturated rings. The predicted octanol–water partition coefficient (Wildman–Crippen LogP) is 6.06. The largest absolute Gasteiger partial charge is 0.457 e. The van der Waals surface area contributed by atoms with Crippen LogP contribution < -0.4 is 4.74 Å². The van der Waals surface area contributed by atoms with E-state index in [1.54, 1.807) is 18.2 Å². The first-order valence-corrected chi connectivity index (χ1v) is 11.2. The summed E-state index contributed by atoms with van der Waals surface area (Å²) in [6, 6.07) is 21.9. The Bertz CT molecular complexity index is 1330. The summed E-state index contributed by atoms with van der Waals surface area (Å²) in [6.07, 6.45) is 1.18. The number of rotatable bonds is 4. The quantitative estimate of drug-likeness (QED) is 0.400. The van der Waals surface area contributed by atoms with Gasteiger partial charge in [-0.1, -0.05) is 41.9 Å². The van der Waals surface area contributed by atoms with Crippen molar-refractivity contribution >= 4 is 32.3 Å². The van der Waals surface area contributed by atoms with Crippen molar-refractivity contribution in [1.29, 1.82) is 0 Å². The number of ether oxygens (including phenoxy) is 1. The summed E-state index contributed by atoms with van der Waals surface area (Å²) >= 11 is 6.34. The first-order valence-electron chi connectivity index (χ1n) is 8.95. The van der Waals surface area contributed by atoms with Gasteiger partial charge in [-0.25, -0.2) is 8.42 Å². The molecule has 0 atom stereocenters. The number of sulfone groups is 1. The maximum atomic E-state index is 11.8. The lowest BCUT2D eigenvalue weighted by Crippen LogP contribution is -1.97. The molecule has 3 aromatic carbocycles. The Morgan fingerprint density at radius 1 is 0.897 bits per heavy atom. The summed E-state index contributed by atoms with van der Waals surface area (Å²) < 4.78 is 29.5. The van der Waals surface area contributed by atoms with Crippen LogP contribution in [0.3, 0.4) is 0 Å². The molecule has 1 heterocycles. The monoisotopic (exact) mass is 423 g/mol. The highest BCUT2D eigenvalue weighted by Crippen LogP contribution is 2.34. The van der Waals surface area contributed by atoms with E-state index in [0.717, 1.165) is 27.7 Å². The van der Waals surface area contributed by atoms with Crippen LogP contribution in [-0.4, -0.2) is 19.7 Å². The number of hydrogen-bond acceptors (Lipinski definition) is 4. The van der Waals surface area contributed by atoms with Gasteiger partial charge in [0.05, 0.1) is 15.4 Å². The second kappa shape index (κ2) is 7.50. The molecule has 4 aromatic rings. The average molecular weight is 424 g/mol. The van der Waals surface area contributed by atoms with Gasteiger partial charge in [0.1, 0.15) is 11.5 Å². The molecular formula is C23H18ClNO3S. The molecule has 0 aliphatic rings. The number of benzene rings is 3. The zero-order chi connectivity index (χ0) is 20.6. The molecule has 4 nitrogen and oxygen atoms in total. The molecule has 0 spiro atoms. The van der Waals surface area contributed by atoms with Gasteiger partial charge in [-0.3, -0.25) is 4.98 Å². The molecule has 146 valence electrons. The Hall–Kier alpha value is -2.89. The average Bonchev–Trinajstić information content (AvgIpc) is 2.68. The van der Waals surface area contributed by atoms with Crippen molar-refractivity contribution in [1.82, 2.24) is 4.98 Å². The molecule has 0 aliphatic heterocycles. The number of para-hydroxylation sites is 1. The maximum Gasteiger partial charge on any atom is 0.175 e. The van der Waals surface area contributed by atoms with Gasteiger partial charge in [0.2, 0.25) is 0 Å². The van der Waals surface area contributed by atoms with Crippen LogP contribution in [0.1, 0.15) is 5.69 Å². The lowest BCUT2D eigenvalue weighted by Gasteiger charge is -2.12. The maximum absolute atomic E-state index is 11.8. The highest BCUT2D eigenvalue weighted by Gasteiger charge is 2.11. The molecule has 0 bridgehead atoms. The number of halogens is 1. The van der Waals surface area contributed by atoms with Crippen LogP contribution in [0.5, 0.6) is 11.5 Å². The Labute approximate surface area is 174 Å². The Balaban J connectivity index is 1.76. The molecular weight excluding hydrogens is 406 g/mol. The third-order valence-corrected chi connectivity index (χ3v) is 5.95. The first kappa shape index (κ1) is 19.4. The number of nitrogens with zero attached hydrogens (tertiary/aromatic N) is 1. The third kappa shape index (κ3) is 4.11. The standard InChI is InChI=1S/C23H18ClNO3S/c1-15-12-21(20-10-5-11-22(24)23(20)25-15)16-6-3-7-17(13-16)28-18-8-4-9-19(14-18)29(2,26)27/h3-14H,1-2H3. The van der Waals surface area contributed by atoms with Crippen molar-refractivity contribution in [2.24, 2.45) is 0 Å². The molecule has 6 heteroatoms. The molecule has 0 unspecified atom stereocenters. The fourth-order valence-corrected chi connectivity index (χ4v) is 4.08. The summed E-state index contributed by atoms with van der Waals surface area (Å²) in [6.45, 7) is 1.93. The fraction of sp³-hybridized carbons (Fsp3) is 0.0870. The number of pyridine rings is 1. The second-order valence-electron chi connectivity index (χ2n) is 6.82. The number of aryl methyl sites for hydroxylation is 1. The molecule has 0 aliphatic carbocycles. The van der Waals surface area contributed by atoms with Gasteiger partial charge in [0.15, 0.2) is 9.84 Å². The van der Waals surface area contributed by atoms with Crippen molar-refractivity contribution < 1.29 is 13.2 Å². The Morgan fingerprint density at radius 2 is 1.59 bits per heavy atom. The van der Waals surface area contributed by atoms with Crippen molar-refractivity contribution in [2.75, 3.05) is 6.26 Å². The normalized spacial score (nSPS) is 11.6. The minimum Gasteiger partial charge on any atom is -0.457 e. The summed E-state index contributed by atoms with van der Waals surface area (Å²) in [5, 5.41) is 1.57. The molecule has 0 N–H and O–H groups in total. The summed E-state index contributed by atoms with van der Waals surface area (Å²) in [7, 11) is -3.30. The van der Waals surface area contributed by atoms with Gasteiger partial charge in [-0.15, -0.1) is 0 Å². The molecule has 0 radical (unpaired) electrons. The molecule has 0 amide bonds. The predicted molar refractivity (Wildman–Crippen MR) is 117 cm³/mol. The molecule has 1 aromatic heterocycles. The summed E-state index contributed by atoms with van der Waals surface area (Å²) in [5.74, 6) is 1.07. The molecule has 4 rings (SSSR count). The van der Waals surface area contributed by atoms with Gasteiger partial charge < -0.3 is 4.74 Å². The van der Waals surface area contributed by atoms with E-state index in [-0.39, 0.29) is 4.90 Å². The number of hydrogen-bond donors (Lipinski definition) is 0. The second-order valence-corrected chi connectivity index (χ2v) is 9.25. The highest BCUT2D eigenvalue weighted by molar-refractivity contribution is 7.90. The van der Waals surface area contributed by atoms with Crippen LogP contribution in [0.15, 0.2) is 77.7 Å². The SMILES string of the molecule is Cc1cc(-c2cccc(Oc3cccc(S(C)(=O)=O)c3)c2)c2cccc(Cl)c2n1. The minimum absolute atomic E-state index is 0.219. The van der Waals surface area contributed by atoms with Gasteiger partial charge in [0, 0.05) is 17.3 Å². The van der Waals surface area contributed by atoms with E-state index in [1.807, 2.05) is 55.5 Å². The van der Waals surface area contributed by atoms with Gasteiger partial charge in [-0.05, 0) is 60.5 Å². The smallest absolute Gasteiger partial charge is 0.175 e. The van der Waals surface area contributed by atoms with E-state index in [1.165, 1.54) is 12.3 Å². The third-order valence-electron chi connectivity index (χ3n) is 4.53. The zero-order valence-corrected chi connectivity index (χ0v) is 17.5. The lowest BCUT2D eigenvalue weighted by molar-refractivity contribution is 0.481. The van der Waals surface area contributed by atoms with Gasteiger partial charge in [-0.2, -0.15) is 0 Å². The summed E-state index contributed by atoms with van der Waals surface area (Å²) in [5.41, 5.74) is 3.59. The Morgan fingerprint density at radius 3 is 2.34 bits per heavy atom. The van der Waals surface area contributed by atoms with Crippen LogP contribution in [0.4, 0.5) is 0 Å². The topological polar surface area (TPSA) is 56.3 Å². The number of aromatic nitrogens is 1. The first-order chi connectivity index (χ1) is 13.8. The van der Waals surface area contributed by atoms with Crippen LogP contribution in [0.2, 0.25) is 5.02 Å². The van der Waals surface area contributed by atoms with Crippen LogP contribution >= 0.6 is 11.6 Å². The lowest BCUT2D eigenvalue weighted by atomic mass is 10.00. The van der Waals surface area contributed by atoms with Crippen molar-refractivity contribution in [3.05, 3.63) is 83.5 Å². The fourth-order valence-electron chi connectivity index (χ4n) is 3.21. The van der Waals surface area contributed by atoms with Crippen molar-refractivity contribution in [3.8, 4) is 22.6 Å². The van der Waals surface area contributed by atoms with Crippen molar-refractivity contribution in [2.45, 2.75) is 11.8 Å². The van der Waals surface area contributed by atoms with E-state index >= 15 is 0 Å². The van der Waals surface area contributed by atoms with Crippen LogP contribution in [0, 0.1) is 6.92 Å². The number of fused-ring (bicyclic) bond motifs is 1. The summed E-state index contributed by atoms with van der Waals surface area (Å²) in [4.78, 5) is 4.78. The van der Waals surface area contributed by atoms with Gasteiger partial charge >= 0.3 is 0 Å². The van der Waals surface area contributed by atoms with E-state index in [2.05, 4.69) is 4.98 Å². The zero-order valence-electron chi connectivity index (χ0n) is 15.9. The van der Waals surface area contributed by atoms with Crippen LogP contribution in [-0.2, 0) is 9.84 Å². The van der Waals surface area contributed by atoms with E-state index < -0.39 is 9.84 Å². The van der Waals surface area contributed by atoms with E-state index in [0.29, 0.717) is 16.5 Å². The van der Waals surface area contributed by atoms with Crippen molar-refractivity contribution in [3.63, 3.8) is 0 Å². The molecule has 29 heavy (non-hydrogen) atoms. The van der Waals surface area contributed by atoms with Crippen LogP contribution in [0.25, 0.3) is 22.0 Å². The highest BCUT2D eigenvalue weighted by atomic mass is 35.5. The molecule has 0 saturated heterocycles. The van der Waals surface area contributed by atoms with E-state index in [9.17, 15) is 8.42 Å². The van der Waals surface area contributed by atoms with Gasteiger partial charge in [0.25, 0.3) is 0 Å². The minimum atomic E-state index is -3.30.